The van der Waals surface area contributed by atoms with Crippen molar-refractivity contribution in [1.29, 1.82) is 0 Å². The molecule has 4 aromatic rings. The van der Waals surface area contributed by atoms with Crippen LogP contribution in [0.4, 0.5) is 0 Å². The Morgan fingerprint density at radius 1 is 1.10 bits per heavy atom. The second-order valence-corrected chi connectivity index (χ2v) is 11.3. The highest BCUT2D eigenvalue weighted by Gasteiger charge is 2.33. The standard InChI is InChI=1S/C31H27IN2O4S/c1-4-24-27(30(36)37-3)28(22-11-6-5-7-12-22)34-29(35)26(39-31(34)33-24)17-20-13-14-25(23(32)16-20)38-18-21-10-8-9-19(2)15-21/h5-17,28H,4,18H2,1-3H3/b26-17-/t28-/m1/s1. The van der Waals surface area contributed by atoms with Crippen molar-refractivity contribution in [2.24, 2.45) is 4.99 Å². The van der Waals surface area contributed by atoms with Gasteiger partial charge >= 0.3 is 5.97 Å². The van der Waals surface area contributed by atoms with Crippen molar-refractivity contribution in [1.82, 2.24) is 4.57 Å². The molecule has 2 heterocycles. The number of fused-ring (bicyclic) bond motifs is 1. The number of ether oxygens (including phenoxy) is 2. The molecule has 0 aliphatic carbocycles. The zero-order valence-electron chi connectivity index (χ0n) is 21.8. The van der Waals surface area contributed by atoms with E-state index < -0.39 is 12.0 Å². The van der Waals surface area contributed by atoms with Crippen LogP contribution in [0, 0.1) is 10.5 Å². The molecular formula is C31H27IN2O4S. The van der Waals surface area contributed by atoms with E-state index in [0.29, 0.717) is 33.6 Å². The summed E-state index contributed by atoms with van der Waals surface area (Å²) in [4.78, 5) is 32.0. The number of rotatable bonds is 7. The van der Waals surface area contributed by atoms with Gasteiger partial charge in [-0.15, -0.1) is 0 Å². The van der Waals surface area contributed by atoms with Gasteiger partial charge in [-0.2, -0.15) is 0 Å². The first-order chi connectivity index (χ1) is 18.9. The van der Waals surface area contributed by atoms with Gasteiger partial charge in [0.05, 0.1) is 32.5 Å². The molecular weight excluding hydrogens is 623 g/mol. The monoisotopic (exact) mass is 650 g/mol. The Morgan fingerprint density at radius 3 is 2.59 bits per heavy atom. The summed E-state index contributed by atoms with van der Waals surface area (Å²) in [6, 6.07) is 23.0. The van der Waals surface area contributed by atoms with E-state index in [4.69, 9.17) is 14.5 Å². The van der Waals surface area contributed by atoms with E-state index >= 15 is 0 Å². The van der Waals surface area contributed by atoms with Crippen LogP contribution in [0.3, 0.4) is 0 Å². The molecule has 0 saturated carbocycles. The number of esters is 1. The van der Waals surface area contributed by atoms with Gasteiger partial charge in [0.25, 0.3) is 5.56 Å². The van der Waals surface area contributed by atoms with Crippen molar-refractivity contribution >= 4 is 46.0 Å². The summed E-state index contributed by atoms with van der Waals surface area (Å²) in [5.41, 5.74) is 4.85. The van der Waals surface area contributed by atoms with E-state index in [2.05, 4.69) is 41.6 Å². The Kier molecular flexibility index (Phi) is 8.13. The van der Waals surface area contributed by atoms with Crippen LogP contribution in [-0.4, -0.2) is 17.6 Å². The van der Waals surface area contributed by atoms with Crippen LogP contribution in [-0.2, 0) is 16.1 Å². The van der Waals surface area contributed by atoms with Crippen molar-refractivity contribution in [3.8, 4) is 5.75 Å². The first kappa shape index (κ1) is 27.1. The summed E-state index contributed by atoms with van der Waals surface area (Å²) in [7, 11) is 1.35. The fraction of sp³-hybridized carbons (Fsp3) is 0.194. The van der Waals surface area contributed by atoms with Crippen LogP contribution < -0.4 is 19.6 Å². The van der Waals surface area contributed by atoms with Gasteiger partial charge < -0.3 is 9.47 Å². The number of carbonyl (C=O) groups is 1. The Hall–Kier alpha value is -3.50. The zero-order chi connectivity index (χ0) is 27.5. The fourth-order valence-electron chi connectivity index (χ4n) is 4.65. The fourth-order valence-corrected chi connectivity index (χ4v) is 6.37. The number of aryl methyl sites for hydroxylation is 1. The second-order valence-electron chi connectivity index (χ2n) is 9.17. The molecule has 1 aliphatic heterocycles. The topological polar surface area (TPSA) is 69.9 Å². The van der Waals surface area contributed by atoms with Gasteiger partial charge in [0.15, 0.2) is 4.80 Å². The molecule has 0 saturated heterocycles. The molecule has 0 unspecified atom stereocenters. The largest absolute Gasteiger partial charge is 0.488 e. The van der Waals surface area contributed by atoms with E-state index in [1.807, 2.05) is 73.7 Å². The predicted molar refractivity (Wildman–Crippen MR) is 162 cm³/mol. The molecule has 198 valence electrons. The number of allylic oxidation sites excluding steroid dienone is 1. The third-order valence-corrected chi connectivity index (χ3v) is 8.32. The summed E-state index contributed by atoms with van der Waals surface area (Å²) >= 11 is 3.58. The second kappa shape index (κ2) is 11.7. The van der Waals surface area contributed by atoms with Gasteiger partial charge in [-0.25, -0.2) is 9.79 Å². The number of aromatic nitrogens is 1. The highest BCUT2D eigenvalue weighted by molar-refractivity contribution is 14.1. The van der Waals surface area contributed by atoms with Crippen molar-refractivity contribution in [2.45, 2.75) is 32.9 Å². The zero-order valence-corrected chi connectivity index (χ0v) is 24.8. The van der Waals surface area contributed by atoms with Crippen LogP contribution in [0.2, 0.25) is 0 Å². The molecule has 5 rings (SSSR count). The van der Waals surface area contributed by atoms with E-state index in [-0.39, 0.29) is 5.56 Å². The summed E-state index contributed by atoms with van der Waals surface area (Å²) in [5.74, 6) is 0.310. The van der Waals surface area contributed by atoms with Gasteiger partial charge in [-0.05, 0) is 70.8 Å². The lowest BCUT2D eigenvalue weighted by Gasteiger charge is -2.25. The summed E-state index contributed by atoms with van der Waals surface area (Å²) in [6.07, 6.45) is 2.41. The summed E-state index contributed by atoms with van der Waals surface area (Å²) in [5, 5.41) is 0. The van der Waals surface area contributed by atoms with Crippen LogP contribution in [0.15, 0.2) is 93.9 Å². The molecule has 1 atom stereocenters. The molecule has 1 aliphatic rings. The molecule has 0 bridgehead atoms. The molecule has 0 spiro atoms. The predicted octanol–water partition coefficient (Wildman–Crippen LogP) is 5.29. The van der Waals surface area contributed by atoms with Crippen molar-refractivity contribution in [3.05, 3.63) is 130 Å². The molecule has 6 nitrogen and oxygen atoms in total. The van der Waals surface area contributed by atoms with Crippen LogP contribution in [0.25, 0.3) is 6.08 Å². The highest BCUT2D eigenvalue weighted by atomic mass is 127. The minimum atomic E-state index is -0.607. The maximum absolute atomic E-state index is 13.8. The van der Waals surface area contributed by atoms with Gasteiger partial charge in [-0.1, -0.05) is 84.5 Å². The van der Waals surface area contributed by atoms with Crippen molar-refractivity contribution in [2.75, 3.05) is 7.11 Å². The maximum Gasteiger partial charge on any atom is 0.338 e. The van der Waals surface area contributed by atoms with E-state index in [0.717, 1.165) is 26.0 Å². The molecule has 0 amide bonds. The number of methoxy groups -OCH3 is 1. The first-order valence-electron chi connectivity index (χ1n) is 12.6. The smallest absolute Gasteiger partial charge is 0.338 e. The number of hydrogen-bond acceptors (Lipinski definition) is 6. The molecule has 0 N–H and O–H groups in total. The SMILES string of the molecule is CCC1=C(C(=O)OC)[C@@H](c2ccccc2)n2c(s/c(=C\c3ccc(OCc4cccc(C)c4)c(I)c3)c2=O)=N1. The lowest BCUT2D eigenvalue weighted by atomic mass is 9.95. The Morgan fingerprint density at radius 2 is 1.90 bits per heavy atom. The van der Waals surface area contributed by atoms with Gasteiger partial charge in [0, 0.05) is 0 Å². The third kappa shape index (κ3) is 5.62. The number of hydrogen-bond donors (Lipinski definition) is 0. The minimum absolute atomic E-state index is 0.195. The highest BCUT2D eigenvalue weighted by Crippen LogP contribution is 2.31. The number of benzene rings is 3. The molecule has 3 aromatic carbocycles. The van der Waals surface area contributed by atoms with Crippen LogP contribution >= 0.6 is 33.9 Å². The quantitative estimate of drug-likeness (QED) is 0.202. The molecule has 0 radical (unpaired) electrons. The minimum Gasteiger partial charge on any atom is -0.488 e. The van der Waals surface area contributed by atoms with E-state index in [9.17, 15) is 9.59 Å². The van der Waals surface area contributed by atoms with Crippen LogP contribution in [0.1, 0.15) is 41.6 Å². The summed E-state index contributed by atoms with van der Waals surface area (Å²) < 4.78 is 14.3. The van der Waals surface area contributed by atoms with Crippen molar-refractivity contribution in [3.63, 3.8) is 0 Å². The third-order valence-electron chi connectivity index (χ3n) is 6.50. The number of thiazole rings is 1. The van der Waals surface area contributed by atoms with E-state index in [1.54, 1.807) is 4.57 Å². The number of halogens is 1. The molecule has 1 aromatic heterocycles. The number of carbonyl (C=O) groups excluding carboxylic acids is 1. The number of nitrogens with zero attached hydrogens (tertiary/aromatic N) is 2. The lowest BCUT2D eigenvalue weighted by Crippen LogP contribution is -2.40. The van der Waals surface area contributed by atoms with Crippen LogP contribution in [0.5, 0.6) is 5.75 Å². The van der Waals surface area contributed by atoms with Gasteiger partial charge in [0.2, 0.25) is 0 Å². The lowest BCUT2D eigenvalue weighted by molar-refractivity contribution is -0.136. The average Bonchev–Trinajstić information content (AvgIpc) is 3.25. The molecule has 39 heavy (non-hydrogen) atoms. The van der Waals surface area contributed by atoms with E-state index in [1.165, 1.54) is 24.0 Å². The Bertz CT molecular complexity index is 1760. The molecule has 8 heteroatoms. The Labute approximate surface area is 244 Å². The van der Waals surface area contributed by atoms with Gasteiger partial charge in [0.1, 0.15) is 12.4 Å². The summed E-state index contributed by atoms with van der Waals surface area (Å²) in [6.45, 7) is 4.49. The molecule has 0 fully saturated rings. The maximum atomic E-state index is 13.8. The Balaban J connectivity index is 1.53. The van der Waals surface area contributed by atoms with Crippen molar-refractivity contribution < 1.29 is 14.3 Å². The van der Waals surface area contributed by atoms with Gasteiger partial charge in [-0.3, -0.25) is 9.36 Å². The normalized spacial score (nSPS) is 15.1. The average molecular weight is 651 g/mol. The first-order valence-corrected chi connectivity index (χ1v) is 14.4.